The first-order chi connectivity index (χ1) is 11.0. The van der Waals surface area contributed by atoms with Crippen molar-refractivity contribution in [3.8, 4) is 0 Å². The third-order valence-corrected chi connectivity index (χ3v) is 3.97. The second kappa shape index (κ2) is 8.47. The molecule has 1 aliphatic rings. The van der Waals surface area contributed by atoms with E-state index in [4.69, 9.17) is 5.73 Å². The van der Waals surface area contributed by atoms with E-state index in [-0.39, 0.29) is 5.91 Å². The van der Waals surface area contributed by atoms with Gasteiger partial charge in [-0.25, -0.2) is 9.78 Å². The van der Waals surface area contributed by atoms with Gasteiger partial charge in [-0.15, -0.1) is 0 Å². The summed E-state index contributed by atoms with van der Waals surface area (Å²) in [4.78, 5) is 28.7. The van der Waals surface area contributed by atoms with Crippen LogP contribution in [0.3, 0.4) is 0 Å². The molecule has 7 heteroatoms. The number of hydrogen-bond acceptors (Lipinski definition) is 5. The minimum Gasteiger partial charge on any atom is -0.370 e. The highest BCUT2D eigenvalue weighted by Crippen LogP contribution is 2.17. The maximum absolute atomic E-state index is 11.3. The van der Waals surface area contributed by atoms with E-state index in [1.807, 2.05) is 25.1 Å². The molecule has 2 rings (SSSR count). The van der Waals surface area contributed by atoms with Crippen molar-refractivity contribution in [1.82, 2.24) is 15.2 Å². The van der Waals surface area contributed by atoms with Gasteiger partial charge in [0.25, 0.3) is 0 Å². The fourth-order valence-electron chi connectivity index (χ4n) is 2.84. The molecule has 1 aromatic heterocycles. The van der Waals surface area contributed by atoms with Crippen LogP contribution in [0.15, 0.2) is 18.2 Å². The number of nitrogens with one attached hydrogen (secondary N) is 2. The zero-order valence-electron chi connectivity index (χ0n) is 13.5. The van der Waals surface area contributed by atoms with Crippen LogP contribution in [0.2, 0.25) is 0 Å². The minimum absolute atomic E-state index is 0.305. The van der Waals surface area contributed by atoms with Crippen LogP contribution in [0, 0.1) is 12.8 Å². The zero-order chi connectivity index (χ0) is 16.7. The van der Waals surface area contributed by atoms with Crippen molar-refractivity contribution < 1.29 is 9.59 Å². The maximum atomic E-state index is 11.3. The summed E-state index contributed by atoms with van der Waals surface area (Å²) in [6.45, 7) is 5.83. The van der Waals surface area contributed by atoms with E-state index in [0.29, 0.717) is 12.3 Å². The molecule has 7 nitrogen and oxygen atoms in total. The fourth-order valence-corrected chi connectivity index (χ4v) is 2.84. The molecule has 1 fully saturated rings. The number of urea groups is 1. The predicted octanol–water partition coefficient (Wildman–Crippen LogP) is 1.10. The quantitative estimate of drug-likeness (QED) is 0.699. The Balaban J connectivity index is 1.62. The van der Waals surface area contributed by atoms with Gasteiger partial charge in [0.1, 0.15) is 5.82 Å². The smallest absolute Gasteiger partial charge is 0.318 e. The van der Waals surface area contributed by atoms with Crippen LogP contribution >= 0.6 is 0 Å². The number of carbonyl (C=O) groups excluding carboxylic acids is 2. The molecule has 3 amide bonds. The molecule has 2 heterocycles. The number of anilines is 1. The molecule has 126 valence electrons. The monoisotopic (exact) mass is 319 g/mol. The molecule has 0 aromatic carbocycles. The zero-order valence-corrected chi connectivity index (χ0v) is 13.5. The number of nitrogens with two attached hydrogens (primary N) is 1. The second-order valence-corrected chi connectivity index (χ2v) is 6.02. The Morgan fingerprint density at radius 3 is 3.00 bits per heavy atom. The normalized spacial score (nSPS) is 17.9. The molecule has 0 radical (unpaired) electrons. The number of amides is 3. The van der Waals surface area contributed by atoms with E-state index in [1.165, 1.54) is 0 Å². The third-order valence-electron chi connectivity index (χ3n) is 3.97. The Morgan fingerprint density at radius 2 is 2.26 bits per heavy atom. The Morgan fingerprint density at radius 1 is 1.43 bits per heavy atom. The molecule has 1 saturated heterocycles. The van der Waals surface area contributed by atoms with Crippen molar-refractivity contribution in [3.05, 3.63) is 23.9 Å². The van der Waals surface area contributed by atoms with Crippen molar-refractivity contribution in [2.75, 3.05) is 31.5 Å². The molecule has 0 bridgehead atoms. The van der Waals surface area contributed by atoms with Crippen LogP contribution in [0.5, 0.6) is 0 Å². The van der Waals surface area contributed by atoms with Gasteiger partial charge in [0, 0.05) is 25.2 Å². The molecular weight excluding hydrogens is 294 g/mol. The minimum atomic E-state index is -0.785. The van der Waals surface area contributed by atoms with Gasteiger partial charge in [0.05, 0.1) is 0 Å². The first kappa shape index (κ1) is 17.2. The number of imide groups is 1. The van der Waals surface area contributed by atoms with Gasteiger partial charge in [-0.3, -0.25) is 10.1 Å². The largest absolute Gasteiger partial charge is 0.370 e. The third kappa shape index (κ3) is 6.23. The number of carbonyl (C=O) groups is 2. The molecule has 1 atom stereocenters. The lowest BCUT2D eigenvalue weighted by atomic mass is 10.1. The van der Waals surface area contributed by atoms with Crippen LogP contribution in [0.1, 0.15) is 25.0 Å². The van der Waals surface area contributed by atoms with Crippen LogP contribution in [0.4, 0.5) is 10.6 Å². The predicted molar refractivity (Wildman–Crippen MR) is 89.0 cm³/mol. The van der Waals surface area contributed by atoms with Gasteiger partial charge in [-0.1, -0.05) is 6.07 Å². The SMILES string of the molecule is Cc1cccc(NC[C@H]2CCN(CCCC(=O)NC(N)=O)C2)n1. The van der Waals surface area contributed by atoms with Crippen LogP contribution in [-0.4, -0.2) is 48.0 Å². The van der Waals surface area contributed by atoms with Gasteiger partial charge in [-0.05, 0) is 50.9 Å². The highest BCUT2D eigenvalue weighted by atomic mass is 16.2. The fraction of sp³-hybridized carbons (Fsp3) is 0.562. The first-order valence-electron chi connectivity index (χ1n) is 8.02. The van der Waals surface area contributed by atoms with E-state index in [9.17, 15) is 9.59 Å². The maximum Gasteiger partial charge on any atom is 0.318 e. The molecule has 1 aliphatic heterocycles. The topological polar surface area (TPSA) is 100 Å². The number of nitrogens with zero attached hydrogens (tertiary/aromatic N) is 2. The summed E-state index contributed by atoms with van der Waals surface area (Å²) < 4.78 is 0. The number of primary amides is 1. The van der Waals surface area contributed by atoms with Gasteiger partial charge < -0.3 is 16.0 Å². The summed E-state index contributed by atoms with van der Waals surface area (Å²) in [6, 6.07) is 5.18. The molecular formula is C16H25N5O2. The number of aryl methyl sites for hydroxylation is 1. The average Bonchev–Trinajstić information content (AvgIpc) is 2.92. The Labute approximate surface area is 136 Å². The van der Waals surface area contributed by atoms with Gasteiger partial charge in [0.15, 0.2) is 0 Å². The van der Waals surface area contributed by atoms with Gasteiger partial charge in [0.2, 0.25) is 5.91 Å². The van der Waals surface area contributed by atoms with E-state index in [2.05, 4.69) is 20.5 Å². The lowest BCUT2D eigenvalue weighted by Gasteiger charge is -2.16. The number of hydrogen-bond donors (Lipinski definition) is 3. The Kier molecular flexibility index (Phi) is 6.34. The summed E-state index contributed by atoms with van der Waals surface area (Å²) in [7, 11) is 0. The number of pyridine rings is 1. The summed E-state index contributed by atoms with van der Waals surface area (Å²) in [5.41, 5.74) is 5.91. The van der Waals surface area contributed by atoms with Crippen LogP contribution in [-0.2, 0) is 4.79 Å². The lowest BCUT2D eigenvalue weighted by Crippen LogP contribution is -2.35. The van der Waals surface area contributed by atoms with Crippen molar-refractivity contribution in [2.24, 2.45) is 11.7 Å². The van der Waals surface area contributed by atoms with E-state index < -0.39 is 6.03 Å². The summed E-state index contributed by atoms with van der Waals surface area (Å²) in [6.07, 6.45) is 2.21. The van der Waals surface area contributed by atoms with Crippen LogP contribution in [0.25, 0.3) is 0 Å². The van der Waals surface area contributed by atoms with E-state index in [1.54, 1.807) is 0 Å². The standard InChI is InChI=1S/C16H25N5O2/c1-12-4-2-5-14(19-12)18-10-13-7-9-21(11-13)8-3-6-15(22)20-16(17)23/h2,4-5,13H,3,6-11H2,1H3,(H,18,19)(H3,17,20,22,23)/t13-/m1/s1. The number of aromatic nitrogens is 1. The second-order valence-electron chi connectivity index (χ2n) is 6.02. The summed E-state index contributed by atoms with van der Waals surface area (Å²) in [5.74, 6) is 1.21. The van der Waals surface area contributed by atoms with Crippen molar-refractivity contribution >= 4 is 17.8 Å². The number of likely N-dealkylation sites (tertiary alicyclic amines) is 1. The van der Waals surface area contributed by atoms with Crippen LogP contribution < -0.4 is 16.4 Å². The highest BCUT2D eigenvalue weighted by molar-refractivity contribution is 5.93. The summed E-state index contributed by atoms with van der Waals surface area (Å²) in [5, 5.41) is 5.48. The highest BCUT2D eigenvalue weighted by Gasteiger charge is 2.22. The molecule has 0 saturated carbocycles. The Hall–Kier alpha value is -2.15. The molecule has 1 aromatic rings. The van der Waals surface area contributed by atoms with E-state index >= 15 is 0 Å². The van der Waals surface area contributed by atoms with E-state index in [0.717, 1.165) is 50.5 Å². The Bertz CT molecular complexity index is 549. The lowest BCUT2D eigenvalue weighted by molar-refractivity contribution is -0.120. The molecule has 23 heavy (non-hydrogen) atoms. The summed E-state index contributed by atoms with van der Waals surface area (Å²) >= 11 is 0. The number of rotatable bonds is 7. The average molecular weight is 319 g/mol. The van der Waals surface area contributed by atoms with Gasteiger partial charge in [-0.2, -0.15) is 0 Å². The van der Waals surface area contributed by atoms with Crippen molar-refractivity contribution in [2.45, 2.75) is 26.2 Å². The molecule has 0 unspecified atom stereocenters. The van der Waals surface area contributed by atoms with Crippen molar-refractivity contribution in [1.29, 1.82) is 0 Å². The molecule has 4 N–H and O–H groups in total. The molecule has 0 aliphatic carbocycles. The molecule has 0 spiro atoms. The van der Waals surface area contributed by atoms with Gasteiger partial charge >= 0.3 is 6.03 Å². The van der Waals surface area contributed by atoms with Crippen molar-refractivity contribution in [3.63, 3.8) is 0 Å². The first-order valence-corrected chi connectivity index (χ1v) is 8.02.